The highest BCUT2D eigenvalue weighted by atomic mass is 32.2. The summed E-state index contributed by atoms with van der Waals surface area (Å²) in [5, 5.41) is 14.2. The van der Waals surface area contributed by atoms with Crippen molar-refractivity contribution in [1.29, 1.82) is 0 Å². The van der Waals surface area contributed by atoms with Crippen LogP contribution < -0.4 is 10.6 Å². The molecular formula is C24H26N2O5S. The van der Waals surface area contributed by atoms with Gasteiger partial charge in [-0.1, -0.05) is 48.5 Å². The number of hydrogen-bond acceptors (Lipinski definition) is 5. The van der Waals surface area contributed by atoms with E-state index in [2.05, 4.69) is 34.9 Å². The first-order chi connectivity index (χ1) is 15.5. The Bertz CT molecular complexity index is 962. The van der Waals surface area contributed by atoms with Gasteiger partial charge >= 0.3 is 12.1 Å². The number of amides is 2. The van der Waals surface area contributed by atoms with Gasteiger partial charge in [-0.15, -0.1) is 11.8 Å². The third kappa shape index (κ3) is 5.24. The van der Waals surface area contributed by atoms with E-state index in [0.717, 1.165) is 35.1 Å². The highest BCUT2D eigenvalue weighted by molar-refractivity contribution is 7.99. The largest absolute Gasteiger partial charge is 0.481 e. The molecule has 1 unspecified atom stereocenters. The molecule has 0 aromatic heterocycles. The summed E-state index contributed by atoms with van der Waals surface area (Å²) in [5.41, 5.74) is 4.59. The molecule has 0 heterocycles. The predicted octanol–water partition coefficient (Wildman–Crippen LogP) is 3.24. The van der Waals surface area contributed by atoms with Gasteiger partial charge in [0.1, 0.15) is 12.6 Å². The third-order valence-electron chi connectivity index (χ3n) is 5.76. The lowest BCUT2D eigenvalue weighted by molar-refractivity contribution is -0.133. The van der Waals surface area contributed by atoms with Crippen molar-refractivity contribution in [2.75, 3.05) is 24.7 Å². The molecule has 1 saturated carbocycles. The van der Waals surface area contributed by atoms with E-state index in [4.69, 9.17) is 9.84 Å². The lowest BCUT2D eigenvalue weighted by Crippen LogP contribution is -2.48. The quantitative estimate of drug-likeness (QED) is 0.476. The molecule has 4 rings (SSSR count). The maximum Gasteiger partial charge on any atom is 0.407 e. The van der Waals surface area contributed by atoms with Crippen molar-refractivity contribution in [2.45, 2.75) is 24.8 Å². The average Bonchev–Trinajstić information content (AvgIpc) is 3.58. The SMILES string of the molecule is O=C(O)CSCCNC(=O)C(NC(=O)OCC1c2ccccc2-c2ccccc21)C1CC1. The molecular weight excluding hydrogens is 428 g/mol. The van der Waals surface area contributed by atoms with Crippen LogP contribution in [0.15, 0.2) is 48.5 Å². The van der Waals surface area contributed by atoms with Crippen molar-refractivity contribution in [3.8, 4) is 11.1 Å². The number of hydrogen-bond donors (Lipinski definition) is 3. The van der Waals surface area contributed by atoms with Gasteiger partial charge in [0.15, 0.2) is 0 Å². The van der Waals surface area contributed by atoms with E-state index < -0.39 is 18.1 Å². The van der Waals surface area contributed by atoms with Crippen LogP contribution in [-0.4, -0.2) is 53.8 Å². The summed E-state index contributed by atoms with van der Waals surface area (Å²) in [7, 11) is 0. The van der Waals surface area contributed by atoms with Gasteiger partial charge in [-0.2, -0.15) is 0 Å². The summed E-state index contributed by atoms with van der Waals surface area (Å²) in [6.45, 7) is 0.553. The molecule has 0 spiro atoms. The zero-order valence-electron chi connectivity index (χ0n) is 17.6. The fraction of sp³-hybridized carbons (Fsp3) is 0.375. The van der Waals surface area contributed by atoms with Gasteiger partial charge < -0.3 is 20.5 Å². The zero-order valence-corrected chi connectivity index (χ0v) is 18.4. The van der Waals surface area contributed by atoms with E-state index in [0.29, 0.717) is 12.3 Å². The van der Waals surface area contributed by atoms with Crippen LogP contribution >= 0.6 is 11.8 Å². The van der Waals surface area contributed by atoms with Crippen molar-refractivity contribution < 1.29 is 24.2 Å². The van der Waals surface area contributed by atoms with Gasteiger partial charge in [0, 0.05) is 18.2 Å². The fourth-order valence-electron chi connectivity index (χ4n) is 4.11. The van der Waals surface area contributed by atoms with Gasteiger partial charge in [-0.25, -0.2) is 4.79 Å². The highest BCUT2D eigenvalue weighted by Crippen LogP contribution is 2.44. The van der Waals surface area contributed by atoms with Gasteiger partial charge in [0.05, 0.1) is 5.75 Å². The van der Waals surface area contributed by atoms with Crippen molar-refractivity contribution in [2.24, 2.45) is 5.92 Å². The number of fused-ring (bicyclic) bond motifs is 3. The van der Waals surface area contributed by atoms with E-state index in [-0.39, 0.29) is 30.1 Å². The monoisotopic (exact) mass is 454 g/mol. The topological polar surface area (TPSA) is 105 Å². The second-order valence-corrected chi connectivity index (χ2v) is 9.13. The number of thioether (sulfide) groups is 1. The smallest absolute Gasteiger partial charge is 0.407 e. The maximum atomic E-state index is 12.5. The van der Waals surface area contributed by atoms with Crippen molar-refractivity contribution in [1.82, 2.24) is 10.6 Å². The van der Waals surface area contributed by atoms with Crippen LogP contribution in [0.5, 0.6) is 0 Å². The second-order valence-electron chi connectivity index (χ2n) is 8.02. The van der Waals surface area contributed by atoms with Crippen LogP contribution in [-0.2, 0) is 14.3 Å². The van der Waals surface area contributed by atoms with E-state index in [1.54, 1.807) is 0 Å². The molecule has 32 heavy (non-hydrogen) atoms. The summed E-state index contributed by atoms with van der Waals surface area (Å²) >= 11 is 1.24. The Kier molecular flexibility index (Phi) is 6.99. The number of alkyl carbamates (subject to hydrolysis) is 1. The lowest BCUT2D eigenvalue weighted by atomic mass is 9.98. The molecule has 1 fully saturated rings. The second kappa shape index (κ2) is 10.1. The van der Waals surface area contributed by atoms with E-state index in [1.165, 1.54) is 11.8 Å². The Morgan fingerprint density at radius 1 is 1.03 bits per heavy atom. The van der Waals surface area contributed by atoms with Crippen LogP contribution in [0.2, 0.25) is 0 Å². The number of carbonyl (C=O) groups excluding carboxylic acids is 2. The van der Waals surface area contributed by atoms with Crippen LogP contribution in [0, 0.1) is 5.92 Å². The van der Waals surface area contributed by atoms with E-state index >= 15 is 0 Å². The van der Waals surface area contributed by atoms with Gasteiger partial charge in [-0.05, 0) is 41.0 Å². The molecule has 2 aliphatic rings. The first-order valence-corrected chi connectivity index (χ1v) is 11.9. The Morgan fingerprint density at radius 3 is 2.25 bits per heavy atom. The number of carboxylic acids is 1. The van der Waals surface area contributed by atoms with Gasteiger partial charge in [-0.3, -0.25) is 9.59 Å². The summed E-state index contributed by atoms with van der Waals surface area (Å²) in [4.78, 5) is 35.6. The minimum absolute atomic E-state index is 0.0000756. The lowest BCUT2D eigenvalue weighted by Gasteiger charge is -2.19. The van der Waals surface area contributed by atoms with E-state index in [1.807, 2.05) is 24.3 Å². The molecule has 0 saturated heterocycles. The summed E-state index contributed by atoms with van der Waals surface area (Å²) < 4.78 is 5.57. The first kappa shape index (κ1) is 22.2. The summed E-state index contributed by atoms with van der Waals surface area (Å²) in [5.74, 6) is -0.555. The average molecular weight is 455 g/mol. The molecule has 2 aliphatic carbocycles. The molecule has 1 atom stereocenters. The molecule has 0 bridgehead atoms. The molecule has 2 aromatic carbocycles. The maximum absolute atomic E-state index is 12.5. The molecule has 2 aromatic rings. The number of benzene rings is 2. The normalized spacial score (nSPS) is 15.4. The number of carbonyl (C=O) groups is 3. The zero-order chi connectivity index (χ0) is 22.5. The molecule has 3 N–H and O–H groups in total. The van der Waals surface area contributed by atoms with Crippen molar-refractivity contribution >= 4 is 29.7 Å². The van der Waals surface area contributed by atoms with Crippen LogP contribution in [0.25, 0.3) is 11.1 Å². The predicted molar refractivity (Wildman–Crippen MR) is 123 cm³/mol. The Hall–Kier alpha value is -3.00. The van der Waals surface area contributed by atoms with Crippen molar-refractivity contribution in [3.63, 3.8) is 0 Å². The minimum atomic E-state index is -0.880. The fourth-order valence-corrected chi connectivity index (χ4v) is 4.68. The molecule has 0 aliphatic heterocycles. The molecule has 7 nitrogen and oxygen atoms in total. The Labute approximate surface area is 190 Å². The summed E-state index contributed by atoms with van der Waals surface area (Å²) in [6.07, 6.45) is 1.17. The first-order valence-electron chi connectivity index (χ1n) is 10.7. The van der Waals surface area contributed by atoms with Crippen LogP contribution in [0.1, 0.15) is 29.9 Å². The summed E-state index contributed by atoms with van der Waals surface area (Å²) in [6, 6.07) is 15.6. The Morgan fingerprint density at radius 2 is 1.66 bits per heavy atom. The third-order valence-corrected chi connectivity index (χ3v) is 6.71. The number of aliphatic carboxylic acids is 1. The minimum Gasteiger partial charge on any atom is -0.481 e. The molecule has 0 radical (unpaired) electrons. The number of carboxylic acid groups (broad SMARTS) is 1. The highest BCUT2D eigenvalue weighted by Gasteiger charge is 2.38. The van der Waals surface area contributed by atoms with Crippen LogP contribution in [0.3, 0.4) is 0 Å². The van der Waals surface area contributed by atoms with Crippen molar-refractivity contribution in [3.05, 3.63) is 59.7 Å². The number of nitrogens with one attached hydrogen (secondary N) is 2. The standard InChI is InChI=1S/C24H26N2O5S/c27-21(28)14-32-12-11-25-23(29)22(15-9-10-15)26-24(30)31-13-20-18-7-3-1-5-16(18)17-6-2-4-8-19(17)20/h1-8,15,20,22H,9-14H2,(H,25,29)(H,26,30)(H,27,28). The number of ether oxygens (including phenoxy) is 1. The van der Waals surface area contributed by atoms with Gasteiger partial charge in [0.2, 0.25) is 5.91 Å². The van der Waals surface area contributed by atoms with Crippen LogP contribution in [0.4, 0.5) is 4.79 Å². The molecule has 168 valence electrons. The van der Waals surface area contributed by atoms with E-state index in [9.17, 15) is 14.4 Å². The Balaban J connectivity index is 1.31. The molecule has 2 amide bonds. The number of rotatable bonds is 10. The molecule has 8 heteroatoms. The van der Waals surface area contributed by atoms with Gasteiger partial charge in [0.25, 0.3) is 0 Å².